The summed E-state index contributed by atoms with van der Waals surface area (Å²) in [6.07, 6.45) is 0.663. The summed E-state index contributed by atoms with van der Waals surface area (Å²) in [6, 6.07) is 0. The van der Waals surface area contributed by atoms with Crippen LogP contribution in [0.1, 0.15) is 11.8 Å². The van der Waals surface area contributed by atoms with E-state index < -0.39 is 11.9 Å². The number of likely N-dealkylation sites (N-methyl/N-ethyl adjacent to an activating group) is 1. The van der Waals surface area contributed by atoms with Gasteiger partial charge in [0.25, 0.3) is 5.56 Å². The summed E-state index contributed by atoms with van der Waals surface area (Å²) in [5.74, 6) is 0. The molecule has 0 spiro atoms. The van der Waals surface area contributed by atoms with Crippen molar-refractivity contribution in [2.24, 2.45) is 0 Å². The van der Waals surface area contributed by atoms with Crippen LogP contribution in [-0.4, -0.2) is 52.4 Å². The van der Waals surface area contributed by atoms with Crippen LogP contribution in [0.5, 0.6) is 0 Å². The lowest BCUT2D eigenvalue weighted by molar-refractivity contribution is -0.131. The first kappa shape index (κ1) is 13.0. The molecule has 0 aromatic carbocycles. The summed E-state index contributed by atoms with van der Waals surface area (Å²) < 4.78 is 6.97. The fraction of sp³-hybridized carbons (Fsp3) is 0.636. The molecule has 7 heteroatoms. The van der Waals surface area contributed by atoms with E-state index in [1.54, 1.807) is 6.92 Å². The largest absolute Gasteiger partial charge is 0.394 e. The summed E-state index contributed by atoms with van der Waals surface area (Å²) in [5, 5.41) is 9.14. The number of nitrogens with zero attached hydrogens (tertiary/aromatic N) is 2. The van der Waals surface area contributed by atoms with Crippen molar-refractivity contribution in [3.05, 3.63) is 32.6 Å². The topological polar surface area (TPSA) is 87.6 Å². The molecule has 1 aliphatic rings. The van der Waals surface area contributed by atoms with Gasteiger partial charge in [-0.05, 0) is 14.0 Å². The molecule has 0 amide bonds. The minimum Gasteiger partial charge on any atom is -0.394 e. The number of aromatic nitrogens is 2. The van der Waals surface area contributed by atoms with E-state index in [1.807, 2.05) is 11.9 Å². The molecule has 1 fully saturated rings. The van der Waals surface area contributed by atoms with Crippen molar-refractivity contribution in [3.8, 4) is 0 Å². The average Bonchev–Trinajstić information content (AvgIpc) is 2.33. The first-order chi connectivity index (χ1) is 8.51. The van der Waals surface area contributed by atoms with E-state index in [4.69, 9.17) is 9.84 Å². The number of H-pyrrole nitrogens is 1. The lowest BCUT2D eigenvalue weighted by Gasteiger charge is -2.35. The highest BCUT2D eigenvalue weighted by Gasteiger charge is 2.27. The van der Waals surface area contributed by atoms with Gasteiger partial charge >= 0.3 is 5.69 Å². The number of hydrogen-bond acceptors (Lipinski definition) is 5. The van der Waals surface area contributed by atoms with Crippen LogP contribution < -0.4 is 11.2 Å². The molecule has 0 bridgehead atoms. The van der Waals surface area contributed by atoms with Crippen LogP contribution in [0.3, 0.4) is 0 Å². The molecule has 1 aliphatic heterocycles. The van der Waals surface area contributed by atoms with Crippen LogP contribution in [0.25, 0.3) is 0 Å². The van der Waals surface area contributed by atoms with Crippen LogP contribution in [0, 0.1) is 6.92 Å². The third kappa shape index (κ3) is 2.53. The van der Waals surface area contributed by atoms with Gasteiger partial charge in [-0.3, -0.25) is 19.2 Å². The van der Waals surface area contributed by atoms with E-state index in [0.717, 1.165) is 0 Å². The zero-order valence-corrected chi connectivity index (χ0v) is 10.4. The van der Waals surface area contributed by atoms with Crippen LogP contribution >= 0.6 is 0 Å². The number of aliphatic hydroxyl groups is 1. The van der Waals surface area contributed by atoms with Gasteiger partial charge in [0.2, 0.25) is 0 Å². The van der Waals surface area contributed by atoms with Crippen LogP contribution in [-0.2, 0) is 4.74 Å². The molecule has 1 saturated heterocycles. The van der Waals surface area contributed by atoms with Gasteiger partial charge in [0, 0.05) is 24.8 Å². The number of aryl methyl sites for hydroxylation is 1. The second kappa shape index (κ2) is 5.05. The van der Waals surface area contributed by atoms with Crippen molar-refractivity contribution in [1.82, 2.24) is 14.5 Å². The molecule has 1 aromatic rings. The highest BCUT2D eigenvalue weighted by molar-refractivity contribution is 5.01. The summed E-state index contributed by atoms with van der Waals surface area (Å²) in [6.45, 7) is 2.68. The fourth-order valence-corrected chi connectivity index (χ4v) is 2.05. The molecule has 2 atom stereocenters. The molecule has 2 N–H and O–H groups in total. The normalized spacial score (nSPS) is 25.3. The Morgan fingerprint density at radius 3 is 2.89 bits per heavy atom. The Balaban J connectivity index is 2.33. The second-order valence-electron chi connectivity index (χ2n) is 4.60. The van der Waals surface area contributed by atoms with Crippen molar-refractivity contribution in [3.63, 3.8) is 0 Å². The van der Waals surface area contributed by atoms with E-state index in [0.29, 0.717) is 18.7 Å². The predicted molar refractivity (Wildman–Crippen MR) is 64.6 cm³/mol. The highest BCUT2D eigenvalue weighted by Crippen LogP contribution is 2.16. The van der Waals surface area contributed by atoms with Gasteiger partial charge in [0.05, 0.1) is 12.7 Å². The Labute approximate surface area is 104 Å². The summed E-state index contributed by atoms with van der Waals surface area (Å²) in [4.78, 5) is 27.3. The average molecular weight is 255 g/mol. The predicted octanol–water partition coefficient (Wildman–Crippen LogP) is -1.33. The zero-order chi connectivity index (χ0) is 13.3. The molecule has 7 nitrogen and oxygen atoms in total. The summed E-state index contributed by atoms with van der Waals surface area (Å²) >= 11 is 0. The molecule has 2 rings (SSSR count). The first-order valence-electron chi connectivity index (χ1n) is 5.78. The minimum atomic E-state index is -0.498. The van der Waals surface area contributed by atoms with E-state index in [-0.39, 0.29) is 18.3 Å². The smallest absolute Gasteiger partial charge is 0.330 e. The van der Waals surface area contributed by atoms with Crippen molar-refractivity contribution in [2.75, 3.05) is 26.7 Å². The van der Waals surface area contributed by atoms with E-state index in [2.05, 4.69) is 4.98 Å². The maximum atomic E-state index is 11.7. The van der Waals surface area contributed by atoms with Crippen LogP contribution in [0.15, 0.2) is 15.8 Å². The Kier molecular flexibility index (Phi) is 3.65. The van der Waals surface area contributed by atoms with E-state index >= 15 is 0 Å². The van der Waals surface area contributed by atoms with Gasteiger partial charge in [0.15, 0.2) is 6.23 Å². The Bertz CT molecular complexity index is 536. The molecular weight excluding hydrogens is 238 g/mol. The van der Waals surface area contributed by atoms with Gasteiger partial charge in [-0.2, -0.15) is 0 Å². The van der Waals surface area contributed by atoms with Gasteiger partial charge < -0.3 is 9.84 Å². The van der Waals surface area contributed by atoms with Crippen LogP contribution in [0.2, 0.25) is 0 Å². The third-order valence-electron chi connectivity index (χ3n) is 2.99. The summed E-state index contributed by atoms with van der Waals surface area (Å²) in [7, 11) is 1.89. The second-order valence-corrected chi connectivity index (χ2v) is 4.60. The fourth-order valence-electron chi connectivity index (χ4n) is 2.05. The monoisotopic (exact) mass is 255 g/mol. The molecule has 2 heterocycles. The number of nitrogens with one attached hydrogen (secondary N) is 1. The van der Waals surface area contributed by atoms with Crippen molar-refractivity contribution < 1.29 is 9.84 Å². The number of aromatic amines is 1. The third-order valence-corrected chi connectivity index (χ3v) is 2.99. The van der Waals surface area contributed by atoms with Crippen molar-refractivity contribution in [1.29, 1.82) is 0 Å². The van der Waals surface area contributed by atoms with Gasteiger partial charge in [-0.1, -0.05) is 0 Å². The Morgan fingerprint density at radius 1 is 1.50 bits per heavy atom. The molecule has 0 saturated carbocycles. The number of aliphatic hydroxyl groups excluding tert-OH is 1. The zero-order valence-electron chi connectivity index (χ0n) is 10.4. The Hall–Kier alpha value is -1.44. The maximum absolute atomic E-state index is 11.7. The van der Waals surface area contributed by atoms with Crippen molar-refractivity contribution >= 4 is 0 Å². The van der Waals surface area contributed by atoms with E-state index in [1.165, 1.54) is 10.8 Å². The lowest BCUT2D eigenvalue weighted by Crippen LogP contribution is -2.48. The van der Waals surface area contributed by atoms with Gasteiger partial charge in [-0.15, -0.1) is 0 Å². The van der Waals surface area contributed by atoms with Crippen LogP contribution in [0.4, 0.5) is 0 Å². The first-order valence-corrected chi connectivity index (χ1v) is 5.78. The van der Waals surface area contributed by atoms with Gasteiger partial charge in [-0.25, -0.2) is 4.79 Å². The SMILES string of the molecule is Cc1cn(C2CN(C)CC(CO)O2)c(=O)[nH]c1=O. The maximum Gasteiger partial charge on any atom is 0.330 e. The number of hydrogen-bond donors (Lipinski definition) is 2. The Morgan fingerprint density at radius 2 is 2.22 bits per heavy atom. The molecule has 0 radical (unpaired) electrons. The molecule has 0 aliphatic carbocycles. The van der Waals surface area contributed by atoms with Gasteiger partial charge in [0.1, 0.15) is 0 Å². The molecular formula is C11H17N3O4. The molecule has 100 valence electrons. The van der Waals surface area contributed by atoms with Crippen molar-refractivity contribution in [2.45, 2.75) is 19.3 Å². The highest BCUT2D eigenvalue weighted by atomic mass is 16.5. The molecule has 1 aromatic heterocycles. The molecule has 2 unspecified atom stereocenters. The number of ether oxygens (including phenoxy) is 1. The quantitative estimate of drug-likeness (QED) is 0.683. The lowest BCUT2D eigenvalue weighted by atomic mass is 10.2. The number of morpholine rings is 1. The summed E-state index contributed by atoms with van der Waals surface area (Å²) in [5.41, 5.74) is -0.436. The number of rotatable bonds is 2. The minimum absolute atomic E-state index is 0.0993. The molecule has 18 heavy (non-hydrogen) atoms. The standard InChI is InChI=1S/C11H17N3O4/c1-7-3-14(11(17)12-10(7)16)9-5-13(2)4-8(6-15)18-9/h3,8-9,15H,4-6H2,1-2H3,(H,12,16,17). The van der Waals surface area contributed by atoms with E-state index in [9.17, 15) is 9.59 Å².